The highest BCUT2D eigenvalue weighted by atomic mass is 15.3. The second-order valence-electron chi connectivity index (χ2n) is 6.71. The van der Waals surface area contributed by atoms with E-state index in [9.17, 15) is 0 Å². The number of pyridine rings is 1. The lowest BCUT2D eigenvalue weighted by atomic mass is 10.0. The summed E-state index contributed by atoms with van der Waals surface area (Å²) >= 11 is 0. The normalized spacial score (nSPS) is 13.5. The number of anilines is 1. The largest absolute Gasteiger partial charge is 0.371 e. The number of aryl methyl sites for hydroxylation is 2. The van der Waals surface area contributed by atoms with Crippen LogP contribution < -0.4 is 22.4 Å². The lowest BCUT2D eigenvalue weighted by Crippen LogP contribution is -2.31. The first-order valence-corrected chi connectivity index (χ1v) is 9.06. The second kappa shape index (κ2) is 7.28. The van der Waals surface area contributed by atoms with Gasteiger partial charge in [0.25, 0.3) is 0 Å². The molecule has 1 aliphatic rings. The third kappa shape index (κ3) is 3.05. The van der Waals surface area contributed by atoms with Gasteiger partial charge in [-0.1, -0.05) is 18.2 Å². The van der Waals surface area contributed by atoms with Gasteiger partial charge in [0.1, 0.15) is 17.0 Å². The van der Waals surface area contributed by atoms with Crippen molar-refractivity contribution in [2.75, 3.05) is 12.4 Å². The van der Waals surface area contributed by atoms with Crippen molar-refractivity contribution in [2.45, 2.75) is 19.3 Å². The van der Waals surface area contributed by atoms with Crippen LogP contribution in [0.2, 0.25) is 0 Å². The van der Waals surface area contributed by atoms with Gasteiger partial charge in [0.2, 0.25) is 0 Å². The van der Waals surface area contributed by atoms with E-state index in [2.05, 4.69) is 39.0 Å². The SMILES string of the molecule is CNc1nc2c(c3c1ncn3C)N=C(c1cccc(CC/C(=N/N)NN)c1)C2. The van der Waals surface area contributed by atoms with Gasteiger partial charge in [-0.05, 0) is 23.6 Å². The molecule has 0 unspecified atom stereocenters. The van der Waals surface area contributed by atoms with Gasteiger partial charge in [-0.15, -0.1) is 0 Å². The average molecular weight is 377 g/mol. The van der Waals surface area contributed by atoms with Gasteiger partial charge < -0.3 is 21.2 Å². The van der Waals surface area contributed by atoms with E-state index in [4.69, 9.17) is 21.7 Å². The fourth-order valence-electron chi connectivity index (χ4n) is 3.52. The first kappa shape index (κ1) is 17.9. The van der Waals surface area contributed by atoms with Crippen LogP contribution in [0.1, 0.15) is 23.2 Å². The molecule has 9 heteroatoms. The van der Waals surface area contributed by atoms with E-state index in [1.807, 2.05) is 24.7 Å². The molecule has 9 nitrogen and oxygen atoms in total. The van der Waals surface area contributed by atoms with Gasteiger partial charge >= 0.3 is 0 Å². The number of aliphatic imine (C=N–C) groups is 1. The van der Waals surface area contributed by atoms with Crippen LogP contribution in [0.25, 0.3) is 11.0 Å². The Bertz CT molecular complexity index is 1090. The number of hydrogen-bond acceptors (Lipinski definition) is 7. The van der Waals surface area contributed by atoms with Gasteiger partial charge in [-0.3, -0.25) is 0 Å². The van der Waals surface area contributed by atoms with Crippen LogP contribution in [0.3, 0.4) is 0 Å². The van der Waals surface area contributed by atoms with Crippen molar-refractivity contribution in [3.63, 3.8) is 0 Å². The highest BCUT2D eigenvalue weighted by Crippen LogP contribution is 2.37. The predicted molar refractivity (Wildman–Crippen MR) is 112 cm³/mol. The Balaban J connectivity index is 1.67. The molecule has 0 bridgehead atoms. The number of hydrogen-bond donors (Lipinski definition) is 4. The standard InChI is InChI=1S/C19H23N9/c1-22-19-17-18(28(2)10-23-17)16-14(25-19)9-13(24-16)12-5-3-4-11(8-12)6-7-15(26-20)27-21/h3-5,8,10H,6-7,9,20-21H2,1-2H3,(H,22,25)(H,26,27). The fourth-order valence-corrected chi connectivity index (χ4v) is 3.52. The Kier molecular flexibility index (Phi) is 4.66. The van der Waals surface area contributed by atoms with Crippen LogP contribution in [-0.2, 0) is 19.9 Å². The number of rotatable bonds is 5. The van der Waals surface area contributed by atoms with E-state index in [0.29, 0.717) is 18.7 Å². The van der Waals surface area contributed by atoms with Gasteiger partial charge in [0.05, 0.1) is 23.2 Å². The number of nitrogens with two attached hydrogens (primary N) is 2. The Labute approximate surface area is 162 Å². The molecule has 4 rings (SSSR count). The van der Waals surface area contributed by atoms with Gasteiger partial charge in [0.15, 0.2) is 5.82 Å². The van der Waals surface area contributed by atoms with Crippen LogP contribution in [0.15, 0.2) is 40.7 Å². The molecule has 0 amide bonds. The summed E-state index contributed by atoms with van der Waals surface area (Å²) in [6.45, 7) is 0. The summed E-state index contributed by atoms with van der Waals surface area (Å²) in [7, 11) is 3.84. The molecular formula is C19H23N9. The van der Waals surface area contributed by atoms with Crippen LogP contribution in [0, 0.1) is 0 Å². The molecular weight excluding hydrogens is 354 g/mol. The summed E-state index contributed by atoms with van der Waals surface area (Å²) in [5, 5.41) is 6.77. The smallest absolute Gasteiger partial charge is 0.154 e. The van der Waals surface area contributed by atoms with Crippen LogP contribution >= 0.6 is 0 Å². The minimum absolute atomic E-state index is 0.568. The van der Waals surface area contributed by atoms with Crippen molar-refractivity contribution in [1.29, 1.82) is 0 Å². The zero-order chi connectivity index (χ0) is 19.7. The third-order valence-corrected chi connectivity index (χ3v) is 4.96. The van der Waals surface area contributed by atoms with Crippen molar-refractivity contribution >= 4 is 34.1 Å². The monoisotopic (exact) mass is 377 g/mol. The summed E-state index contributed by atoms with van der Waals surface area (Å²) in [5.74, 6) is 12.1. The summed E-state index contributed by atoms with van der Waals surface area (Å²) in [4.78, 5) is 14.1. The highest BCUT2D eigenvalue weighted by molar-refractivity contribution is 6.10. The molecule has 1 aliphatic heterocycles. The van der Waals surface area contributed by atoms with E-state index >= 15 is 0 Å². The molecule has 0 saturated carbocycles. The molecule has 0 atom stereocenters. The van der Waals surface area contributed by atoms with Crippen LogP contribution in [-0.4, -0.2) is 33.1 Å². The molecule has 2 aromatic heterocycles. The van der Waals surface area contributed by atoms with Crippen molar-refractivity contribution in [3.8, 4) is 0 Å². The Morgan fingerprint density at radius 2 is 2.21 bits per heavy atom. The third-order valence-electron chi connectivity index (χ3n) is 4.96. The van der Waals surface area contributed by atoms with Gasteiger partial charge in [-0.25, -0.2) is 20.8 Å². The number of fused-ring (bicyclic) bond motifs is 3. The Morgan fingerprint density at radius 3 is 2.96 bits per heavy atom. The van der Waals surface area contributed by atoms with E-state index in [1.165, 1.54) is 5.56 Å². The minimum atomic E-state index is 0.568. The maximum absolute atomic E-state index is 5.40. The van der Waals surface area contributed by atoms with E-state index in [0.717, 1.165) is 45.9 Å². The molecule has 6 N–H and O–H groups in total. The molecule has 1 aromatic carbocycles. The maximum Gasteiger partial charge on any atom is 0.154 e. The molecule has 0 spiro atoms. The number of nitrogens with zero attached hydrogens (tertiary/aromatic N) is 5. The van der Waals surface area contributed by atoms with Crippen molar-refractivity contribution in [1.82, 2.24) is 20.0 Å². The number of nitrogens with one attached hydrogen (secondary N) is 2. The number of amidine groups is 1. The summed E-state index contributed by atoms with van der Waals surface area (Å²) in [6, 6.07) is 8.34. The average Bonchev–Trinajstić information content (AvgIpc) is 3.32. The highest BCUT2D eigenvalue weighted by Gasteiger charge is 2.24. The van der Waals surface area contributed by atoms with E-state index in [-0.39, 0.29) is 0 Å². The molecule has 0 aliphatic carbocycles. The molecule has 0 saturated heterocycles. The maximum atomic E-state index is 5.40. The first-order valence-electron chi connectivity index (χ1n) is 9.06. The van der Waals surface area contributed by atoms with E-state index < -0.39 is 0 Å². The number of hydrazine groups is 1. The van der Waals surface area contributed by atoms with Gasteiger partial charge in [0, 0.05) is 26.9 Å². The van der Waals surface area contributed by atoms with Crippen molar-refractivity contribution in [3.05, 3.63) is 47.4 Å². The lowest BCUT2D eigenvalue weighted by Gasteiger charge is -2.07. The quantitative estimate of drug-likeness (QED) is 0.230. The zero-order valence-electron chi connectivity index (χ0n) is 15.9. The lowest BCUT2D eigenvalue weighted by molar-refractivity contribution is 0.912. The van der Waals surface area contributed by atoms with Crippen LogP contribution in [0.4, 0.5) is 11.5 Å². The molecule has 0 fully saturated rings. The number of benzene rings is 1. The molecule has 28 heavy (non-hydrogen) atoms. The fraction of sp³-hybridized carbons (Fsp3) is 0.263. The minimum Gasteiger partial charge on any atom is -0.371 e. The number of aromatic nitrogens is 3. The number of imidazole rings is 1. The van der Waals surface area contributed by atoms with Crippen molar-refractivity contribution in [2.24, 2.45) is 28.8 Å². The molecule has 144 valence electrons. The molecule has 3 heterocycles. The van der Waals surface area contributed by atoms with E-state index in [1.54, 1.807) is 6.33 Å². The van der Waals surface area contributed by atoms with Crippen LogP contribution in [0.5, 0.6) is 0 Å². The van der Waals surface area contributed by atoms with Gasteiger partial charge in [-0.2, -0.15) is 5.10 Å². The first-order chi connectivity index (χ1) is 13.6. The summed E-state index contributed by atoms with van der Waals surface area (Å²) in [5.41, 5.74) is 9.48. The molecule has 0 radical (unpaired) electrons. The number of hydrazone groups is 1. The molecule has 3 aromatic rings. The predicted octanol–water partition coefficient (Wildman–Crippen LogP) is 1.35. The Morgan fingerprint density at radius 1 is 1.36 bits per heavy atom. The second-order valence-corrected chi connectivity index (χ2v) is 6.71. The summed E-state index contributed by atoms with van der Waals surface area (Å²) < 4.78 is 1.99. The van der Waals surface area contributed by atoms with Crippen molar-refractivity contribution < 1.29 is 0 Å². The topological polar surface area (TPSA) is 132 Å². The Hall–Kier alpha value is -3.46. The summed E-state index contributed by atoms with van der Waals surface area (Å²) in [6.07, 6.45) is 3.91. The zero-order valence-corrected chi connectivity index (χ0v) is 15.9.